The summed E-state index contributed by atoms with van der Waals surface area (Å²) in [6.07, 6.45) is 3.02. The summed E-state index contributed by atoms with van der Waals surface area (Å²) >= 11 is 0. The van der Waals surface area contributed by atoms with E-state index in [9.17, 15) is 0 Å². The van der Waals surface area contributed by atoms with Crippen LogP contribution in [-0.4, -0.2) is 21.1 Å². The van der Waals surface area contributed by atoms with E-state index in [0.717, 1.165) is 24.2 Å². The van der Waals surface area contributed by atoms with Gasteiger partial charge in [0, 0.05) is 12.7 Å². The Morgan fingerprint density at radius 1 is 1.35 bits per heavy atom. The van der Waals surface area contributed by atoms with Gasteiger partial charge in [0.15, 0.2) is 5.65 Å². The van der Waals surface area contributed by atoms with E-state index in [-0.39, 0.29) is 0 Å². The van der Waals surface area contributed by atoms with Crippen LogP contribution < -0.4 is 5.32 Å². The zero-order valence-corrected chi connectivity index (χ0v) is 11.0. The standard InChI is InChI=1S/C13H20N4/c1-10-6-5-9-17-11(10)15-12(16-17)14-8-7-13(2,3)4/h5-6,9H,7-8H2,1-4H3,(H,14,16). The Morgan fingerprint density at radius 2 is 2.12 bits per heavy atom. The molecule has 0 atom stereocenters. The number of anilines is 1. The molecular formula is C13H20N4. The summed E-state index contributed by atoms with van der Waals surface area (Å²) in [6.45, 7) is 9.64. The predicted octanol–water partition coefficient (Wildman–Crippen LogP) is 2.89. The number of hydrogen-bond donors (Lipinski definition) is 1. The number of aromatic nitrogens is 3. The van der Waals surface area contributed by atoms with E-state index in [1.807, 2.05) is 29.8 Å². The van der Waals surface area contributed by atoms with Gasteiger partial charge in [0.1, 0.15) is 0 Å². The number of pyridine rings is 1. The zero-order chi connectivity index (χ0) is 12.5. The molecule has 2 aromatic heterocycles. The Bertz CT molecular complexity index is 508. The smallest absolute Gasteiger partial charge is 0.243 e. The van der Waals surface area contributed by atoms with Crippen molar-refractivity contribution in [3.05, 3.63) is 23.9 Å². The van der Waals surface area contributed by atoms with Crippen molar-refractivity contribution in [2.45, 2.75) is 34.1 Å². The Balaban J connectivity index is 2.07. The van der Waals surface area contributed by atoms with Crippen molar-refractivity contribution in [3.63, 3.8) is 0 Å². The fourth-order valence-corrected chi connectivity index (χ4v) is 1.66. The van der Waals surface area contributed by atoms with E-state index in [2.05, 4.69) is 36.2 Å². The summed E-state index contributed by atoms with van der Waals surface area (Å²) in [5, 5.41) is 7.66. The highest BCUT2D eigenvalue weighted by atomic mass is 15.3. The van der Waals surface area contributed by atoms with Crippen LogP contribution in [0.15, 0.2) is 18.3 Å². The molecule has 1 N–H and O–H groups in total. The third-order valence-electron chi connectivity index (χ3n) is 2.72. The van der Waals surface area contributed by atoms with E-state index in [4.69, 9.17) is 0 Å². The van der Waals surface area contributed by atoms with Crippen LogP contribution in [0.5, 0.6) is 0 Å². The van der Waals surface area contributed by atoms with E-state index in [1.165, 1.54) is 0 Å². The van der Waals surface area contributed by atoms with Gasteiger partial charge >= 0.3 is 0 Å². The van der Waals surface area contributed by atoms with Crippen molar-refractivity contribution < 1.29 is 0 Å². The molecule has 0 unspecified atom stereocenters. The van der Waals surface area contributed by atoms with Crippen LogP contribution in [0, 0.1) is 12.3 Å². The molecular weight excluding hydrogens is 212 g/mol. The summed E-state index contributed by atoms with van der Waals surface area (Å²) in [5.41, 5.74) is 2.40. The lowest BCUT2D eigenvalue weighted by Crippen LogP contribution is -2.13. The minimum atomic E-state index is 0.335. The van der Waals surface area contributed by atoms with Crippen LogP contribution in [0.2, 0.25) is 0 Å². The van der Waals surface area contributed by atoms with Crippen LogP contribution in [0.4, 0.5) is 5.95 Å². The van der Waals surface area contributed by atoms with Gasteiger partial charge in [-0.3, -0.25) is 0 Å². The molecule has 0 saturated carbocycles. The van der Waals surface area contributed by atoms with Gasteiger partial charge in [-0.1, -0.05) is 26.8 Å². The van der Waals surface area contributed by atoms with Crippen LogP contribution >= 0.6 is 0 Å². The number of fused-ring (bicyclic) bond motifs is 1. The van der Waals surface area contributed by atoms with Gasteiger partial charge < -0.3 is 5.32 Å². The number of rotatable bonds is 3. The second kappa shape index (κ2) is 4.35. The monoisotopic (exact) mass is 232 g/mol. The van der Waals surface area contributed by atoms with Gasteiger partial charge in [0.05, 0.1) is 0 Å². The van der Waals surface area contributed by atoms with Gasteiger partial charge in [0.25, 0.3) is 0 Å². The SMILES string of the molecule is Cc1cccn2nc(NCCC(C)(C)C)nc12. The fourth-order valence-electron chi connectivity index (χ4n) is 1.66. The molecule has 0 radical (unpaired) electrons. The average Bonchev–Trinajstić information content (AvgIpc) is 2.60. The Hall–Kier alpha value is -1.58. The van der Waals surface area contributed by atoms with Crippen molar-refractivity contribution in [1.29, 1.82) is 0 Å². The van der Waals surface area contributed by atoms with Gasteiger partial charge in [0.2, 0.25) is 5.95 Å². The molecule has 0 aromatic carbocycles. The molecule has 0 spiro atoms. The van der Waals surface area contributed by atoms with Crippen LogP contribution in [-0.2, 0) is 0 Å². The summed E-state index contributed by atoms with van der Waals surface area (Å²) in [7, 11) is 0. The summed E-state index contributed by atoms with van der Waals surface area (Å²) in [4.78, 5) is 4.47. The van der Waals surface area contributed by atoms with Crippen molar-refractivity contribution in [2.75, 3.05) is 11.9 Å². The van der Waals surface area contributed by atoms with Gasteiger partial charge in [-0.05, 0) is 30.4 Å². The minimum Gasteiger partial charge on any atom is -0.353 e. The Kier molecular flexibility index (Phi) is 3.05. The number of aryl methyl sites for hydroxylation is 1. The molecule has 4 nitrogen and oxygen atoms in total. The van der Waals surface area contributed by atoms with E-state index in [0.29, 0.717) is 11.4 Å². The number of nitrogens with one attached hydrogen (secondary N) is 1. The first-order valence-corrected chi connectivity index (χ1v) is 6.02. The highest BCUT2D eigenvalue weighted by molar-refractivity contribution is 5.49. The first-order chi connectivity index (χ1) is 7.96. The third-order valence-corrected chi connectivity index (χ3v) is 2.72. The Morgan fingerprint density at radius 3 is 2.76 bits per heavy atom. The molecule has 4 heteroatoms. The molecule has 0 amide bonds. The molecule has 0 bridgehead atoms. The fraction of sp³-hybridized carbons (Fsp3) is 0.538. The molecule has 2 heterocycles. The van der Waals surface area contributed by atoms with Crippen LogP contribution in [0.25, 0.3) is 5.65 Å². The zero-order valence-electron chi connectivity index (χ0n) is 11.0. The van der Waals surface area contributed by atoms with Crippen molar-refractivity contribution in [2.24, 2.45) is 5.41 Å². The highest BCUT2D eigenvalue weighted by Crippen LogP contribution is 2.18. The van der Waals surface area contributed by atoms with E-state index >= 15 is 0 Å². The van der Waals surface area contributed by atoms with Crippen molar-refractivity contribution in [1.82, 2.24) is 14.6 Å². The lowest BCUT2D eigenvalue weighted by atomic mass is 9.92. The molecule has 2 rings (SSSR count). The molecule has 0 aliphatic carbocycles. The van der Waals surface area contributed by atoms with Crippen LogP contribution in [0.1, 0.15) is 32.8 Å². The molecule has 2 aromatic rings. The first-order valence-electron chi connectivity index (χ1n) is 6.02. The van der Waals surface area contributed by atoms with E-state index in [1.54, 1.807) is 0 Å². The number of hydrogen-bond acceptors (Lipinski definition) is 3. The molecule has 17 heavy (non-hydrogen) atoms. The maximum Gasteiger partial charge on any atom is 0.243 e. The summed E-state index contributed by atoms with van der Waals surface area (Å²) in [6, 6.07) is 4.03. The summed E-state index contributed by atoms with van der Waals surface area (Å²) < 4.78 is 1.81. The third kappa shape index (κ3) is 2.96. The molecule has 92 valence electrons. The lowest BCUT2D eigenvalue weighted by molar-refractivity contribution is 0.389. The number of nitrogens with zero attached hydrogens (tertiary/aromatic N) is 3. The van der Waals surface area contributed by atoms with Crippen LogP contribution in [0.3, 0.4) is 0 Å². The van der Waals surface area contributed by atoms with E-state index < -0.39 is 0 Å². The topological polar surface area (TPSA) is 42.2 Å². The molecule has 0 fully saturated rings. The predicted molar refractivity (Wildman–Crippen MR) is 70.3 cm³/mol. The Labute approximate surface area is 102 Å². The molecule has 0 aliphatic heterocycles. The maximum atomic E-state index is 4.47. The summed E-state index contributed by atoms with van der Waals surface area (Å²) in [5.74, 6) is 0.712. The maximum absolute atomic E-state index is 4.47. The van der Waals surface area contributed by atoms with Gasteiger partial charge in [-0.2, -0.15) is 4.98 Å². The van der Waals surface area contributed by atoms with Gasteiger partial charge in [-0.25, -0.2) is 4.52 Å². The average molecular weight is 232 g/mol. The van der Waals surface area contributed by atoms with Crippen molar-refractivity contribution >= 4 is 11.6 Å². The minimum absolute atomic E-state index is 0.335. The largest absolute Gasteiger partial charge is 0.353 e. The molecule has 0 saturated heterocycles. The van der Waals surface area contributed by atoms with Gasteiger partial charge in [-0.15, -0.1) is 5.10 Å². The normalized spacial score (nSPS) is 12.0. The second-order valence-electron chi connectivity index (χ2n) is 5.63. The lowest BCUT2D eigenvalue weighted by Gasteiger charge is -2.17. The highest BCUT2D eigenvalue weighted by Gasteiger charge is 2.10. The quantitative estimate of drug-likeness (QED) is 0.884. The molecule has 0 aliphatic rings. The van der Waals surface area contributed by atoms with Crippen molar-refractivity contribution in [3.8, 4) is 0 Å². The first kappa shape index (κ1) is 11.9. The second-order valence-corrected chi connectivity index (χ2v) is 5.63.